The van der Waals surface area contributed by atoms with E-state index in [1.807, 2.05) is 12.1 Å². The Bertz CT molecular complexity index is 818. The molecule has 1 aromatic heterocycles. The molecule has 2 heterocycles. The third kappa shape index (κ3) is 3.32. The Labute approximate surface area is 144 Å². The Morgan fingerprint density at radius 2 is 2.29 bits per heavy atom. The number of nitriles is 1. The predicted molar refractivity (Wildman–Crippen MR) is 89.4 cm³/mol. The molecule has 2 N–H and O–H groups in total. The fourth-order valence-corrected chi connectivity index (χ4v) is 2.76. The number of carbonyl (C=O) groups is 1. The third-order valence-corrected chi connectivity index (χ3v) is 4.16. The van der Waals surface area contributed by atoms with Gasteiger partial charge in [-0.2, -0.15) is 5.26 Å². The fourth-order valence-electron chi connectivity index (χ4n) is 2.59. The minimum atomic E-state index is -0.270. The Balaban J connectivity index is 1.78. The maximum atomic E-state index is 12.6. The number of rotatable bonds is 2. The van der Waals surface area contributed by atoms with Crippen molar-refractivity contribution in [3.05, 3.63) is 58.2 Å². The Morgan fingerprint density at radius 3 is 3.04 bits per heavy atom. The first-order valence-electron chi connectivity index (χ1n) is 7.40. The molecule has 0 aliphatic carbocycles. The van der Waals surface area contributed by atoms with Crippen molar-refractivity contribution in [2.75, 3.05) is 25.4 Å². The van der Waals surface area contributed by atoms with Crippen molar-refractivity contribution >= 4 is 23.3 Å². The van der Waals surface area contributed by atoms with Crippen LogP contribution in [0.3, 0.4) is 0 Å². The standard InChI is InChI=1S/C17H15ClN4O2/c18-14-7-13(9-21-16(14)20)17(23)22-4-5-24-15(10-22)12-3-1-2-11(6-12)8-19/h1-3,6-7,9,15H,4-5,10H2,(H2,20,21). The number of ether oxygens (including phenoxy) is 1. The van der Waals surface area contributed by atoms with E-state index in [2.05, 4.69) is 11.1 Å². The molecule has 3 rings (SSSR count). The van der Waals surface area contributed by atoms with E-state index in [9.17, 15) is 4.79 Å². The number of halogens is 1. The van der Waals surface area contributed by atoms with E-state index in [0.717, 1.165) is 5.56 Å². The monoisotopic (exact) mass is 342 g/mol. The van der Waals surface area contributed by atoms with Gasteiger partial charge in [0.1, 0.15) is 11.9 Å². The topological polar surface area (TPSA) is 92.2 Å². The number of anilines is 1. The van der Waals surface area contributed by atoms with Gasteiger partial charge < -0.3 is 15.4 Å². The Hall–Kier alpha value is -2.62. The largest absolute Gasteiger partial charge is 0.382 e. The van der Waals surface area contributed by atoms with E-state index in [1.165, 1.54) is 12.3 Å². The van der Waals surface area contributed by atoms with Crippen LogP contribution >= 0.6 is 11.6 Å². The normalized spacial score (nSPS) is 17.3. The molecule has 1 atom stereocenters. The second-order valence-corrected chi connectivity index (χ2v) is 5.85. The minimum Gasteiger partial charge on any atom is -0.382 e. The van der Waals surface area contributed by atoms with Crippen molar-refractivity contribution in [2.45, 2.75) is 6.10 Å². The molecule has 1 saturated heterocycles. The van der Waals surface area contributed by atoms with E-state index >= 15 is 0 Å². The molecule has 2 aromatic rings. The molecule has 122 valence electrons. The number of morpholine rings is 1. The summed E-state index contributed by atoms with van der Waals surface area (Å²) in [5.41, 5.74) is 7.41. The number of nitrogens with two attached hydrogens (primary N) is 1. The van der Waals surface area contributed by atoms with Crippen LogP contribution in [0.25, 0.3) is 0 Å². The van der Waals surface area contributed by atoms with Gasteiger partial charge in [-0.05, 0) is 23.8 Å². The van der Waals surface area contributed by atoms with Crippen LogP contribution in [0.15, 0.2) is 36.5 Å². The third-order valence-electron chi connectivity index (χ3n) is 3.86. The highest BCUT2D eigenvalue weighted by molar-refractivity contribution is 6.33. The molecule has 0 spiro atoms. The van der Waals surface area contributed by atoms with E-state index in [4.69, 9.17) is 27.3 Å². The van der Waals surface area contributed by atoms with Crippen LogP contribution in [0.1, 0.15) is 27.6 Å². The van der Waals surface area contributed by atoms with E-state index in [-0.39, 0.29) is 22.9 Å². The summed E-state index contributed by atoms with van der Waals surface area (Å²) in [7, 11) is 0. The lowest BCUT2D eigenvalue weighted by Gasteiger charge is -2.33. The summed E-state index contributed by atoms with van der Waals surface area (Å²) in [5.74, 6) is 0.0236. The van der Waals surface area contributed by atoms with E-state index in [0.29, 0.717) is 30.8 Å². The molecule has 24 heavy (non-hydrogen) atoms. The number of amides is 1. The highest BCUT2D eigenvalue weighted by atomic mass is 35.5. The van der Waals surface area contributed by atoms with Crippen molar-refractivity contribution in [1.82, 2.24) is 9.88 Å². The van der Waals surface area contributed by atoms with Gasteiger partial charge in [-0.1, -0.05) is 23.7 Å². The average Bonchev–Trinajstić information content (AvgIpc) is 2.63. The fraction of sp³-hybridized carbons (Fsp3) is 0.235. The minimum absolute atomic E-state index is 0.172. The van der Waals surface area contributed by atoms with Crippen molar-refractivity contribution < 1.29 is 9.53 Å². The molecule has 1 fully saturated rings. The summed E-state index contributed by atoms with van der Waals surface area (Å²) in [6.07, 6.45) is 1.15. The van der Waals surface area contributed by atoms with Gasteiger partial charge in [-0.15, -0.1) is 0 Å². The van der Waals surface area contributed by atoms with Gasteiger partial charge in [-0.3, -0.25) is 4.79 Å². The van der Waals surface area contributed by atoms with Crippen LogP contribution in [0.2, 0.25) is 5.02 Å². The number of carbonyl (C=O) groups excluding carboxylic acids is 1. The van der Waals surface area contributed by atoms with Crippen molar-refractivity contribution in [3.63, 3.8) is 0 Å². The molecule has 0 saturated carbocycles. The van der Waals surface area contributed by atoms with Crippen LogP contribution < -0.4 is 5.73 Å². The highest BCUT2D eigenvalue weighted by Gasteiger charge is 2.26. The smallest absolute Gasteiger partial charge is 0.255 e. The zero-order chi connectivity index (χ0) is 17.1. The molecule has 7 heteroatoms. The number of benzene rings is 1. The quantitative estimate of drug-likeness (QED) is 0.904. The van der Waals surface area contributed by atoms with Gasteiger partial charge in [0.2, 0.25) is 0 Å². The summed E-state index contributed by atoms with van der Waals surface area (Å²) >= 11 is 5.94. The Morgan fingerprint density at radius 1 is 1.46 bits per heavy atom. The molecular formula is C17H15ClN4O2. The molecule has 1 aliphatic heterocycles. The van der Waals surface area contributed by atoms with Gasteiger partial charge in [-0.25, -0.2) is 4.98 Å². The zero-order valence-corrected chi connectivity index (χ0v) is 13.5. The predicted octanol–water partition coefficient (Wildman–Crippen LogP) is 2.40. The molecule has 1 amide bonds. The SMILES string of the molecule is N#Cc1cccc(C2CN(C(=O)c3cnc(N)c(Cl)c3)CCO2)c1. The van der Waals surface area contributed by atoms with E-state index in [1.54, 1.807) is 17.0 Å². The summed E-state index contributed by atoms with van der Waals surface area (Å²) < 4.78 is 5.76. The van der Waals surface area contributed by atoms with Crippen molar-refractivity contribution in [2.24, 2.45) is 0 Å². The molecule has 0 radical (unpaired) electrons. The highest BCUT2D eigenvalue weighted by Crippen LogP contribution is 2.25. The molecule has 0 bridgehead atoms. The van der Waals surface area contributed by atoms with Gasteiger partial charge >= 0.3 is 0 Å². The number of hydrogen-bond acceptors (Lipinski definition) is 5. The van der Waals surface area contributed by atoms with E-state index < -0.39 is 0 Å². The first-order valence-corrected chi connectivity index (χ1v) is 7.78. The van der Waals surface area contributed by atoms with Crippen molar-refractivity contribution in [1.29, 1.82) is 5.26 Å². The summed E-state index contributed by atoms with van der Waals surface area (Å²) in [6.45, 7) is 1.30. The molecule has 6 nitrogen and oxygen atoms in total. The molecule has 1 aliphatic rings. The van der Waals surface area contributed by atoms with Crippen LogP contribution in [0.5, 0.6) is 0 Å². The number of aromatic nitrogens is 1. The first-order chi connectivity index (χ1) is 11.6. The average molecular weight is 343 g/mol. The first kappa shape index (κ1) is 16.2. The van der Waals surface area contributed by atoms with Gasteiger partial charge in [0.05, 0.1) is 35.4 Å². The summed E-state index contributed by atoms with van der Waals surface area (Å²) in [6, 6.07) is 10.8. The second-order valence-electron chi connectivity index (χ2n) is 5.44. The zero-order valence-electron chi connectivity index (χ0n) is 12.8. The number of nitrogen functional groups attached to an aromatic ring is 1. The van der Waals surface area contributed by atoms with Crippen LogP contribution in [-0.2, 0) is 4.74 Å². The Kier molecular flexibility index (Phi) is 4.65. The lowest BCUT2D eigenvalue weighted by atomic mass is 10.0. The van der Waals surface area contributed by atoms with Crippen LogP contribution in [-0.4, -0.2) is 35.5 Å². The maximum Gasteiger partial charge on any atom is 0.255 e. The maximum absolute atomic E-state index is 12.6. The van der Waals surface area contributed by atoms with Crippen LogP contribution in [0.4, 0.5) is 5.82 Å². The van der Waals surface area contributed by atoms with Gasteiger partial charge in [0, 0.05) is 12.7 Å². The van der Waals surface area contributed by atoms with Gasteiger partial charge in [0.25, 0.3) is 5.91 Å². The molecule has 1 unspecified atom stereocenters. The van der Waals surface area contributed by atoms with Gasteiger partial charge in [0.15, 0.2) is 0 Å². The summed E-state index contributed by atoms with van der Waals surface area (Å²) in [4.78, 5) is 18.3. The second kappa shape index (κ2) is 6.87. The number of nitrogens with zero attached hydrogens (tertiary/aromatic N) is 3. The summed E-state index contributed by atoms with van der Waals surface area (Å²) in [5, 5.41) is 9.27. The van der Waals surface area contributed by atoms with Crippen LogP contribution in [0, 0.1) is 11.3 Å². The molecule has 1 aromatic carbocycles. The lowest BCUT2D eigenvalue weighted by molar-refractivity contribution is -0.0228. The number of pyridine rings is 1. The number of hydrogen-bond donors (Lipinski definition) is 1. The molecular weight excluding hydrogens is 328 g/mol. The lowest BCUT2D eigenvalue weighted by Crippen LogP contribution is -2.42. The van der Waals surface area contributed by atoms with Crippen molar-refractivity contribution in [3.8, 4) is 6.07 Å².